The zero-order valence-corrected chi connectivity index (χ0v) is 14.0. The van der Waals surface area contributed by atoms with Crippen LogP contribution in [0.3, 0.4) is 0 Å². The van der Waals surface area contributed by atoms with Gasteiger partial charge in [0.05, 0.1) is 19.6 Å². The Kier molecular flexibility index (Phi) is 6.21. The number of esters is 1. The molecule has 0 spiro atoms. The Balaban J connectivity index is 1.92. The van der Waals surface area contributed by atoms with Crippen molar-refractivity contribution >= 4 is 17.3 Å². The monoisotopic (exact) mass is 310 g/mol. The molecule has 0 aliphatic carbocycles. The van der Waals surface area contributed by atoms with Crippen molar-refractivity contribution in [2.24, 2.45) is 0 Å². The number of methoxy groups -OCH3 is 1. The molecule has 1 aromatic heterocycles. The minimum Gasteiger partial charge on any atom is -0.469 e. The number of piperidine rings is 1. The van der Waals surface area contributed by atoms with Gasteiger partial charge in [0.1, 0.15) is 0 Å². The fourth-order valence-electron chi connectivity index (χ4n) is 2.85. The van der Waals surface area contributed by atoms with Crippen molar-refractivity contribution in [2.75, 3.05) is 20.2 Å². The SMILES string of the molecule is COC(=O)CC(NC1CCN(C(C)C)CC1)c1cccs1. The number of carbonyl (C=O) groups excluding carboxylic acids is 1. The standard InChI is InChI=1S/C16H26N2O2S/c1-12(2)18-8-6-13(7-9-18)17-14(11-16(19)20-3)15-5-4-10-21-15/h4-5,10,12-14,17H,6-9,11H2,1-3H3. The second kappa shape index (κ2) is 7.92. The predicted octanol–water partition coefficient (Wildman–Crippen LogP) is 2.81. The Bertz CT molecular complexity index is 425. The van der Waals surface area contributed by atoms with Gasteiger partial charge in [0.15, 0.2) is 0 Å². The maximum Gasteiger partial charge on any atom is 0.307 e. The first-order valence-electron chi connectivity index (χ1n) is 7.70. The fourth-order valence-corrected chi connectivity index (χ4v) is 3.64. The van der Waals surface area contributed by atoms with Crippen LogP contribution >= 0.6 is 11.3 Å². The quantitative estimate of drug-likeness (QED) is 0.820. The van der Waals surface area contributed by atoms with E-state index in [4.69, 9.17) is 4.74 Å². The highest BCUT2D eigenvalue weighted by molar-refractivity contribution is 7.10. The van der Waals surface area contributed by atoms with Gasteiger partial charge in [-0.25, -0.2) is 0 Å². The van der Waals surface area contributed by atoms with Crippen molar-refractivity contribution in [3.63, 3.8) is 0 Å². The van der Waals surface area contributed by atoms with E-state index in [2.05, 4.69) is 35.5 Å². The first-order chi connectivity index (χ1) is 10.1. The second-order valence-corrected chi connectivity index (χ2v) is 6.90. The number of nitrogens with one attached hydrogen (secondary N) is 1. The molecule has 1 aromatic rings. The number of hydrogen-bond acceptors (Lipinski definition) is 5. The van der Waals surface area contributed by atoms with Crippen LogP contribution in [0.1, 0.15) is 44.0 Å². The number of nitrogens with zero attached hydrogens (tertiary/aromatic N) is 1. The lowest BCUT2D eigenvalue weighted by Crippen LogP contribution is -2.46. The topological polar surface area (TPSA) is 41.6 Å². The highest BCUT2D eigenvalue weighted by Gasteiger charge is 2.25. The zero-order chi connectivity index (χ0) is 15.2. The molecular formula is C16H26N2O2S. The summed E-state index contributed by atoms with van der Waals surface area (Å²) < 4.78 is 4.83. The van der Waals surface area contributed by atoms with Crippen LogP contribution in [0.2, 0.25) is 0 Å². The summed E-state index contributed by atoms with van der Waals surface area (Å²) in [4.78, 5) is 15.4. The van der Waals surface area contributed by atoms with Crippen LogP contribution < -0.4 is 5.32 Å². The molecule has 1 saturated heterocycles. The third-order valence-corrected chi connectivity index (χ3v) is 5.17. The van der Waals surface area contributed by atoms with Crippen molar-refractivity contribution in [3.8, 4) is 0 Å². The highest BCUT2D eigenvalue weighted by Crippen LogP contribution is 2.25. The maximum atomic E-state index is 11.6. The van der Waals surface area contributed by atoms with Crippen molar-refractivity contribution in [1.29, 1.82) is 0 Å². The molecule has 0 saturated carbocycles. The third kappa shape index (κ3) is 4.80. The first-order valence-corrected chi connectivity index (χ1v) is 8.58. The molecule has 1 aliphatic rings. The Morgan fingerprint density at radius 2 is 2.19 bits per heavy atom. The van der Waals surface area contributed by atoms with E-state index >= 15 is 0 Å². The summed E-state index contributed by atoms with van der Waals surface area (Å²) in [6.45, 7) is 6.76. The Labute approximate surface area is 131 Å². The van der Waals surface area contributed by atoms with Crippen LogP contribution in [0.15, 0.2) is 17.5 Å². The molecule has 1 fully saturated rings. The molecule has 118 valence electrons. The van der Waals surface area contributed by atoms with Crippen molar-refractivity contribution in [2.45, 2.75) is 51.2 Å². The number of hydrogen-bond donors (Lipinski definition) is 1. The second-order valence-electron chi connectivity index (χ2n) is 5.92. The molecule has 2 rings (SSSR count). The van der Waals surface area contributed by atoms with E-state index in [1.54, 1.807) is 11.3 Å². The van der Waals surface area contributed by atoms with Crippen LogP contribution in [0, 0.1) is 0 Å². The normalized spacial score (nSPS) is 18.9. The van der Waals surface area contributed by atoms with Crippen molar-refractivity contribution in [1.82, 2.24) is 10.2 Å². The minimum absolute atomic E-state index is 0.0769. The van der Waals surface area contributed by atoms with E-state index in [0.717, 1.165) is 25.9 Å². The maximum absolute atomic E-state index is 11.6. The summed E-state index contributed by atoms with van der Waals surface area (Å²) >= 11 is 1.70. The van der Waals surface area contributed by atoms with Gasteiger partial charge in [0, 0.05) is 17.0 Å². The molecule has 2 heterocycles. The summed E-state index contributed by atoms with van der Waals surface area (Å²) in [7, 11) is 1.45. The Morgan fingerprint density at radius 3 is 2.71 bits per heavy atom. The number of rotatable bonds is 6. The minimum atomic E-state index is -0.152. The van der Waals surface area contributed by atoms with Crippen LogP contribution in [-0.4, -0.2) is 43.2 Å². The smallest absolute Gasteiger partial charge is 0.307 e. The average Bonchev–Trinajstić information content (AvgIpc) is 3.01. The van der Waals surface area contributed by atoms with E-state index in [1.807, 2.05) is 6.07 Å². The molecule has 4 nitrogen and oxygen atoms in total. The number of likely N-dealkylation sites (tertiary alicyclic amines) is 1. The largest absolute Gasteiger partial charge is 0.469 e. The van der Waals surface area contributed by atoms with E-state index in [-0.39, 0.29) is 12.0 Å². The van der Waals surface area contributed by atoms with E-state index in [0.29, 0.717) is 18.5 Å². The third-order valence-electron chi connectivity index (χ3n) is 4.18. The molecule has 1 atom stereocenters. The summed E-state index contributed by atoms with van der Waals surface area (Å²) in [6.07, 6.45) is 2.68. The van der Waals surface area contributed by atoms with E-state index < -0.39 is 0 Å². The van der Waals surface area contributed by atoms with Gasteiger partial charge in [-0.1, -0.05) is 6.07 Å². The Morgan fingerprint density at radius 1 is 1.48 bits per heavy atom. The molecule has 5 heteroatoms. The molecular weight excluding hydrogens is 284 g/mol. The van der Waals surface area contributed by atoms with Gasteiger partial charge in [-0.2, -0.15) is 0 Å². The predicted molar refractivity (Wildman–Crippen MR) is 86.6 cm³/mol. The van der Waals surface area contributed by atoms with Crippen LogP contribution in [-0.2, 0) is 9.53 Å². The molecule has 1 aliphatic heterocycles. The van der Waals surface area contributed by atoms with Crippen LogP contribution in [0.4, 0.5) is 0 Å². The first kappa shape index (κ1) is 16.5. The summed E-state index contributed by atoms with van der Waals surface area (Å²) in [5, 5.41) is 5.72. The molecule has 0 bridgehead atoms. The zero-order valence-electron chi connectivity index (χ0n) is 13.2. The van der Waals surface area contributed by atoms with Crippen molar-refractivity contribution < 1.29 is 9.53 Å². The molecule has 21 heavy (non-hydrogen) atoms. The highest BCUT2D eigenvalue weighted by atomic mass is 32.1. The number of carbonyl (C=O) groups is 1. The van der Waals surface area contributed by atoms with Gasteiger partial charge >= 0.3 is 5.97 Å². The van der Waals surface area contributed by atoms with Gasteiger partial charge in [-0.15, -0.1) is 11.3 Å². The Hall–Kier alpha value is -0.910. The van der Waals surface area contributed by atoms with Gasteiger partial charge in [0.2, 0.25) is 0 Å². The van der Waals surface area contributed by atoms with E-state index in [1.165, 1.54) is 12.0 Å². The molecule has 0 aromatic carbocycles. The van der Waals surface area contributed by atoms with Gasteiger partial charge in [-0.05, 0) is 51.2 Å². The van der Waals surface area contributed by atoms with Gasteiger partial charge in [-0.3, -0.25) is 4.79 Å². The molecule has 1 N–H and O–H groups in total. The van der Waals surface area contributed by atoms with Crippen LogP contribution in [0.5, 0.6) is 0 Å². The molecule has 1 unspecified atom stereocenters. The average molecular weight is 310 g/mol. The lowest BCUT2D eigenvalue weighted by atomic mass is 10.0. The lowest BCUT2D eigenvalue weighted by Gasteiger charge is -2.36. The molecule has 0 amide bonds. The van der Waals surface area contributed by atoms with Crippen LogP contribution in [0.25, 0.3) is 0 Å². The number of thiophene rings is 1. The molecule has 0 radical (unpaired) electrons. The summed E-state index contributed by atoms with van der Waals surface area (Å²) in [5.74, 6) is -0.152. The van der Waals surface area contributed by atoms with E-state index in [9.17, 15) is 4.79 Å². The fraction of sp³-hybridized carbons (Fsp3) is 0.688. The van der Waals surface area contributed by atoms with Crippen molar-refractivity contribution in [3.05, 3.63) is 22.4 Å². The number of ether oxygens (including phenoxy) is 1. The van der Waals surface area contributed by atoms with Gasteiger partial charge in [0.25, 0.3) is 0 Å². The lowest BCUT2D eigenvalue weighted by molar-refractivity contribution is -0.141. The van der Waals surface area contributed by atoms with Gasteiger partial charge < -0.3 is 15.0 Å². The summed E-state index contributed by atoms with van der Waals surface area (Å²) in [5.41, 5.74) is 0. The summed E-state index contributed by atoms with van der Waals surface area (Å²) in [6, 6.07) is 5.31.